The van der Waals surface area contributed by atoms with Gasteiger partial charge in [0.25, 0.3) is 6.01 Å². The fourth-order valence-electron chi connectivity index (χ4n) is 4.09. The second kappa shape index (κ2) is 7.76. The molecule has 27 heavy (non-hydrogen) atoms. The number of carbonyl (C=O) groups excluding carboxylic acids is 1. The van der Waals surface area contributed by atoms with E-state index < -0.39 is 0 Å². The third kappa shape index (κ3) is 4.03. The molecular weight excluding hydrogens is 344 g/mol. The van der Waals surface area contributed by atoms with Crippen molar-refractivity contribution in [3.63, 3.8) is 0 Å². The molecule has 0 aliphatic carbocycles. The van der Waals surface area contributed by atoms with Crippen molar-refractivity contribution in [1.29, 1.82) is 0 Å². The molecule has 2 aliphatic rings. The van der Waals surface area contributed by atoms with Crippen LogP contribution in [0.4, 0.5) is 6.01 Å². The van der Waals surface area contributed by atoms with Gasteiger partial charge in [0.15, 0.2) is 5.58 Å². The number of hydrogen-bond acceptors (Lipinski definition) is 6. The van der Waals surface area contributed by atoms with E-state index in [9.17, 15) is 4.79 Å². The summed E-state index contributed by atoms with van der Waals surface area (Å²) in [6, 6.07) is 6.53. The van der Waals surface area contributed by atoms with Crippen LogP contribution in [0, 0.1) is 5.92 Å². The Morgan fingerprint density at radius 3 is 2.89 bits per heavy atom. The molecule has 3 heterocycles. The molecule has 1 unspecified atom stereocenters. The van der Waals surface area contributed by atoms with E-state index in [1.165, 1.54) is 0 Å². The van der Waals surface area contributed by atoms with Crippen LogP contribution < -0.4 is 15.4 Å². The minimum atomic E-state index is 0.247. The summed E-state index contributed by atoms with van der Waals surface area (Å²) in [7, 11) is 1.64. The van der Waals surface area contributed by atoms with Gasteiger partial charge in [0, 0.05) is 44.7 Å². The van der Waals surface area contributed by atoms with Gasteiger partial charge in [-0.15, -0.1) is 0 Å². The lowest BCUT2D eigenvalue weighted by molar-refractivity contribution is -0.133. The van der Waals surface area contributed by atoms with E-state index in [0.29, 0.717) is 18.4 Å². The van der Waals surface area contributed by atoms with Crippen LogP contribution in [0.5, 0.6) is 5.75 Å². The highest BCUT2D eigenvalue weighted by molar-refractivity contribution is 5.77. The molecule has 7 nitrogen and oxygen atoms in total. The van der Waals surface area contributed by atoms with Crippen molar-refractivity contribution in [2.75, 3.05) is 38.2 Å². The Kier molecular flexibility index (Phi) is 5.20. The Labute approximate surface area is 159 Å². The van der Waals surface area contributed by atoms with Crippen molar-refractivity contribution in [3.05, 3.63) is 18.2 Å². The molecule has 0 radical (unpaired) electrons. The number of fused-ring (bicyclic) bond motifs is 1. The van der Waals surface area contributed by atoms with Crippen LogP contribution in [-0.4, -0.2) is 55.1 Å². The van der Waals surface area contributed by atoms with Crippen molar-refractivity contribution >= 4 is 23.0 Å². The second-order valence-corrected chi connectivity index (χ2v) is 7.71. The third-order valence-corrected chi connectivity index (χ3v) is 5.73. The van der Waals surface area contributed by atoms with E-state index in [4.69, 9.17) is 14.9 Å². The molecule has 4 rings (SSSR count). The Morgan fingerprint density at radius 2 is 2.11 bits per heavy atom. The zero-order valence-corrected chi connectivity index (χ0v) is 15.9. The normalized spacial score (nSPS) is 21.6. The Morgan fingerprint density at radius 1 is 1.30 bits per heavy atom. The van der Waals surface area contributed by atoms with Crippen molar-refractivity contribution in [2.24, 2.45) is 11.7 Å². The molecule has 7 heteroatoms. The lowest BCUT2D eigenvalue weighted by Gasteiger charge is -2.34. The van der Waals surface area contributed by atoms with Crippen LogP contribution in [-0.2, 0) is 4.79 Å². The molecule has 2 aliphatic heterocycles. The second-order valence-electron chi connectivity index (χ2n) is 7.71. The third-order valence-electron chi connectivity index (χ3n) is 5.73. The maximum Gasteiger partial charge on any atom is 0.298 e. The minimum Gasteiger partial charge on any atom is -0.497 e. The predicted octanol–water partition coefficient (Wildman–Crippen LogP) is 2.39. The SMILES string of the molecule is COc1ccc2oc(N3CCCC(CC(=O)N4CCC(N)CC4)C3)nc2c1. The van der Waals surface area contributed by atoms with Crippen LogP contribution in [0.2, 0.25) is 0 Å². The summed E-state index contributed by atoms with van der Waals surface area (Å²) in [6.45, 7) is 3.31. The number of nitrogens with zero attached hydrogens (tertiary/aromatic N) is 3. The summed E-state index contributed by atoms with van der Waals surface area (Å²) in [5.74, 6) is 1.37. The average Bonchev–Trinajstić information content (AvgIpc) is 3.12. The molecule has 0 bridgehead atoms. The molecule has 146 valence electrons. The number of methoxy groups -OCH3 is 1. The molecule has 1 aromatic heterocycles. The fraction of sp³-hybridized carbons (Fsp3) is 0.600. The van der Waals surface area contributed by atoms with E-state index in [-0.39, 0.29) is 11.9 Å². The predicted molar refractivity (Wildman–Crippen MR) is 104 cm³/mol. The number of benzene rings is 1. The van der Waals surface area contributed by atoms with Crippen LogP contribution >= 0.6 is 0 Å². The summed E-state index contributed by atoms with van der Waals surface area (Å²) < 4.78 is 11.2. The van der Waals surface area contributed by atoms with Crippen molar-refractivity contribution < 1.29 is 13.9 Å². The molecule has 1 atom stereocenters. The lowest BCUT2D eigenvalue weighted by Crippen LogP contribution is -2.44. The number of piperidine rings is 2. The smallest absolute Gasteiger partial charge is 0.298 e. The van der Waals surface area contributed by atoms with E-state index in [1.807, 2.05) is 23.1 Å². The number of hydrogen-bond donors (Lipinski definition) is 1. The zero-order chi connectivity index (χ0) is 18.8. The van der Waals surface area contributed by atoms with Crippen molar-refractivity contribution in [3.8, 4) is 5.75 Å². The highest BCUT2D eigenvalue weighted by Crippen LogP contribution is 2.29. The summed E-state index contributed by atoms with van der Waals surface area (Å²) in [4.78, 5) is 21.4. The lowest BCUT2D eigenvalue weighted by atomic mass is 9.94. The first-order valence-corrected chi connectivity index (χ1v) is 9.85. The summed E-state index contributed by atoms with van der Waals surface area (Å²) in [5.41, 5.74) is 7.50. The maximum atomic E-state index is 12.6. The number of amides is 1. The molecule has 2 N–H and O–H groups in total. The quantitative estimate of drug-likeness (QED) is 0.887. The van der Waals surface area contributed by atoms with Crippen molar-refractivity contribution in [2.45, 2.75) is 38.1 Å². The summed E-state index contributed by atoms with van der Waals surface area (Å²) in [6.07, 6.45) is 4.54. The van der Waals surface area contributed by atoms with Gasteiger partial charge in [-0.05, 0) is 43.7 Å². The van der Waals surface area contributed by atoms with Crippen LogP contribution in [0.1, 0.15) is 32.1 Å². The van der Waals surface area contributed by atoms with Gasteiger partial charge in [0.05, 0.1) is 7.11 Å². The van der Waals surface area contributed by atoms with Gasteiger partial charge in [0.1, 0.15) is 11.3 Å². The zero-order valence-electron chi connectivity index (χ0n) is 15.9. The van der Waals surface area contributed by atoms with Crippen molar-refractivity contribution in [1.82, 2.24) is 9.88 Å². The number of aromatic nitrogens is 1. The number of carbonyl (C=O) groups is 1. The Balaban J connectivity index is 1.40. The molecule has 2 fully saturated rings. The number of oxazole rings is 1. The van der Waals surface area contributed by atoms with Gasteiger partial charge < -0.3 is 24.7 Å². The number of nitrogens with two attached hydrogens (primary N) is 1. The van der Waals surface area contributed by atoms with E-state index in [0.717, 1.165) is 68.7 Å². The van der Waals surface area contributed by atoms with Gasteiger partial charge in [-0.2, -0.15) is 4.98 Å². The average molecular weight is 372 g/mol. The van der Waals surface area contributed by atoms with Gasteiger partial charge in [-0.1, -0.05) is 0 Å². The Hall–Kier alpha value is -2.28. The number of ether oxygens (including phenoxy) is 1. The molecule has 2 saturated heterocycles. The maximum absolute atomic E-state index is 12.6. The monoisotopic (exact) mass is 372 g/mol. The van der Waals surface area contributed by atoms with Crippen LogP contribution in [0.25, 0.3) is 11.1 Å². The Bertz CT molecular complexity index is 798. The summed E-state index contributed by atoms with van der Waals surface area (Å²) in [5, 5.41) is 0. The highest BCUT2D eigenvalue weighted by Gasteiger charge is 2.28. The first kappa shape index (κ1) is 18.1. The first-order chi connectivity index (χ1) is 13.1. The number of rotatable bonds is 4. The van der Waals surface area contributed by atoms with E-state index in [1.54, 1.807) is 7.11 Å². The largest absolute Gasteiger partial charge is 0.497 e. The molecule has 2 aromatic rings. The van der Waals surface area contributed by atoms with Gasteiger partial charge >= 0.3 is 0 Å². The topological polar surface area (TPSA) is 84.8 Å². The molecule has 0 saturated carbocycles. The first-order valence-electron chi connectivity index (χ1n) is 9.85. The number of anilines is 1. The number of likely N-dealkylation sites (tertiary alicyclic amines) is 1. The van der Waals surface area contributed by atoms with E-state index >= 15 is 0 Å². The van der Waals surface area contributed by atoms with Gasteiger partial charge in [0.2, 0.25) is 5.91 Å². The van der Waals surface area contributed by atoms with Gasteiger partial charge in [-0.25, -0.2) is 0 Å². The fourth-order valence-corrected chi connectivity index (χ4v) is 4.09. The standard InChI is InChI=1S/C20H28N4O3/c1-26-16-4-5-18-17(12-16)22-20(27-18)24-8-2-3-14(13-24)11-19(25)23-9-6-15(21)7-10-23/h4-5,12,14-15H,2-3,6-11,13,21H2,1H3. The molecule has 0 spiro atoms. The van der Waals surface area contributed by atoms with Crippen LogP contribution in [0.15, 0.2) is 22.6 Å². The van der Waals surface area contributed by atoms with Crippen LogP contribution in [0.3, 0.4) is 0 Å². The minimum absolute atomic E-state index is 0.247. The van der Waals surface area contributed by atoms with Gasteiger partial charge in [-0.3, -0.25) is 4.79 Å². The highest BCUT2D eigenvalue weighted by atomic mass is 16.5. The molecular formula is C20H28N4O3. The summed E-state index contributed by atoms with van der Waals surface area (Å²) >= 11 is 0. The molecule has 1 aromatic carbocycles. The van der Waals surface area contributed by atoms with E-state index in [2.05, 4.69) is 9.88 Å². The molecule has 1 amide bonds.